The molecule has 0 bridgehead atoms. The van der Waals surface area contributed by atoms with E-state index < -0.39 is 11.9 Å². The van der Waals surface area contributed by atoms with Crippen LogP contribution in [-0.2, 0) is 9.59 Å². The largest absolute Gasteiger partial charge is 0.490 e. The molecule has 0 radical (unpaired) electrons. The summed E-state index contributed by atoms with van der Waals surface area (Å²) in [5.41, 5.74) is 1.18. The van der Waals surface area contributed by atoms with E-state index in [-0.39, 0.29) is 12.7 Å². The minimum absolute atomic E-state index is 0.214. The number of ether oxygens (including phenoxy) is 1. The molecule has 0 saturated heterocycles. The molecule has 0 aromatic heterocycles. The molecule has 25 heavy (non-hydrogen) atoms. The zero-order valence-electron chi connectivity index (χ0n) is 15.3. The predicted octanol–water partition coefficient (Wildman–Crippen LogP) is 2.01. The molecule has 7 nitrogen and oxygen atoms in total. The number of aliphatic carboxylic acids is 2. The van der Waals surface area contributed by atoms with Crippen LogP contribution in [0, 0.1) is 6.92 Å². The summed E-state index contributed by atoms with van der Waals surface area (Å²) < 4.78 is 5.97. The highest BCUT2D eigenvalue weighted by atomic mass is 16.5. The molecule has 0 spiro atoms. The predicted molar refractivity (Wildman–Crippen MR) is 95.0 cm³/mol. The molecule has 1 rings (SSSR count). The normalized spacial score (nSPS) is 12.7. The van der Waals surface area contributed by atoms with Crippen LogP contribution < -0.4 is 4.74 Å². The number of aliphatic hydroxyl groups is 1. The van der Waals surface area contributed by atoms with Gasteiger partial charge < -0.3 is 25.0 Å². The Labute approximate surface area is 148 Å². The fourth-order valence-corrected chi connectivity index (χ4v) is 2.04. The smallest absolute Gasteiger partial charge is 0.414 e. The summed E-state index contributed by atoms with van der Waals surface area (Å²) in [5, 5.41) is 23.7. The van der Waals surface area contributed by atoms with Gasteiger partial charge in [0.1, 0.15) is 5.75 Å². The third kappa shape index (κ3) is 10.4. The van der Waals surface area contributed by atoms with E-state index in [0.717, 1.165) is 25.1 Å². The van der Waals surface area contributed by atoms with E-state index in [9.17, 15) is 0 Å². The second-order valence-corrected chi connectivity index (χ2v) is 5.93. The zero-order valence-corrected chi connectivity index (χ0v) is 15.3. The van der Waals surface area contributed by atoms with Gasteiger partial charge in [-0.1, -0.05) is 18.2 Å². The van der Waals surface area contributed by atoms with Gasteiger partial charge >= 0.3 is 11.9 Å². The summed E-state index contributed by atoms with van der Waals surface area (Å²) in [4.78, 5) is 20.4. The number of carbonyl (C=O) groups is 2. The summed E-state index contributed by atoms with van der Waals surface area (Å²) in [5.74, 6) is -2.67. The minimum atomic E-state index is -1.82. The molecule has 0 aliphatic carbocycles. The number of likely N-dealkylation sites (N-methyl/N-ethyl adjacent to an activating group) is 1. The monoisotopic (exact) mass is 355 g/mol. The first kappa shape index (κ1) is 22.9. The van der Waals surface area contributed by atoms with Crippen LogP contribution in [0.25, 0.3) is 0 Å². The fourth-order valence-electron chi connectivity index (χ4n) is 2.04. The highest BCUT2D eigenvalue weighted by molar-refractivity contribution is 6.27. The maximum absolute atomic E-state index is 9.10. The van der Waals surface area contributed by atoms with Gasteiger partial charge in [0.05, 0.1) is 12.7 Å². The Morgan fingerprint density at radius 3 is 2.16 bits per heavy atom. The van der Waals surface area contributed by atoms with Gasteiger partial charge in [0.2, 0.25) is 0 Å². The van der Waals surface area contributed by atoms with Gasteiger partial charge in [0, 0.05) is 12.6 Å². The van der Waals surface area contributed by atoms with Crippen LogP contribution in [0.15, 0.2) is 24.3 Å². The SMILES string of the molecule is Cc1ccccc1OC(C)CCC(C)N(C)CCO.O=C(O)C(=O)O. The van der Waals surface area contributed by atoms with Crippen LogP contribution >= 0.6 is 0 Å². The number of hydrogen-bond acceptors (Lipinski definition) is 5. The summed E-state index contributed by atoms with van der Waals surface area (Å²) >= 11 is 0. The quantitative estimate of drug-likeness (QED) is 0.612. The number of carboxylic acid groups (broad SMARTS) is 2. The molecule has 1 aromatic carbocycles. The Hall–Kier alpha value is -2.12. The molecule has 1 aromatic rings. The number of rotatable bonds is 8. The van der Waals surface area contributed by atoms with Crippen molar-refractivity contribution in [2.75, 3.05) is 20.2 Å². The van der Waals surface area contributed by atoms with Crippen molar-refractivity contribution in [1.82, 2.24) is 4.90 Å². The van der Waals surface area contributed by atoms with Crippen molar-refractivity contribution in [3.8, 4) is 5.75 Å². The number of hydrogen-bond donors (Lipinski definition) is 3. The van der Waals surface area contributed by atoms with E-state index in [4.69, 9.17) is 29.6 Å². The fraction of sp³-hybridized carbons (Fsp3) is 0.556. The molecule has 0 aliphatic heterocycles. The highest BCUT2D eigenvalue weighted by Gasteiger charge is 2.12. The Balaban J connectivity index is 0.000000823. The van der Waals surface area contributed by atoms with Crippen molar-refractivity contribution >= 4 is 11.9 Å². The van der Waals surface area contributed by atoms with Gasteiger partial charge in [0.15, 0.2) is 0 Å². The van der Waals surface area contributed by atoms with Gasteiger partial charge in [-0.25, -0.2) is 9.59 Å². The summed E-state index contributed by atoms with van der Waals surface area (Å²) in [6.07, 6.45) is 2.31. The third-order valence-electron chi connectivity index (χ3n) is 3.80. The van der Waals surface area contributed by atoms with Crippen molar-refractivity contribution in [2.45, 2.75) is 45.8 Å². The van der Waals surface area contributed by atoms with Crippen molar-refractivity contribution in [2.24, 2.45) is 0 Å². The van der Waals surface area contributed by atoms with Crippen molar-refractivity contribution < 1.29 is 29.6 Å². The molecule has 7 heteroatoms. The van der Waals surface area contributed by atoms with Gasteiger partial charge in [-0.2, -0.15) is 0 Å². The van der Waals surface area contributed by atoms with E-state index >= 15 is 0 Å². The molecular formula is C18H29NO6. The lowest BCUT2D eigenvalue weighted by molar-refractivity contribution is -0.159. The van der Waals surface area contributed by atoms with Crippen molar-refractivity contribution in [3.63, 3.8) is 0 Å². The molecule has 2 unspecified atom stereocenters. The van der Waals surface area contributed by atoms with E-state index in [1.165, 1.54) is 5.56 Å². The van der Waals surface area contributed by atoms with E-state index in [1.54, 1.807) is 0 Å². The Morgan fingerprint density at radius 1 is 1.12 bits per heavy atom. The number of para-hydroxylation sites is 1. The lowest BCUT2D eigenvalue weighted by Crippen LogP contribution is -2.32. The van der Waals surface area contributed by atoms with Crippen LogP contribution in [0.2, 0.25) is 0 Å². The lowest BCUT2D eigenvalue weighted by atomic mass is 10.1. The van der Waals surface area contributed by atoms with E-state index in [0.29, 0.717) is 6.04 Å². The van der Waals surface area contributed by atoms with Crippen LogP contribution in [0.3, 0.4) is 0 Å². The average Bonchev–Trinajstić information content (AvgIpc) is 2.55. The van der Waals surface area contributed by atoms with Gasteiger partial charge in [-0.3, -0.25) is 0 Å². The maximum Gasteiger partial charge on any atom is 0.414 e. The number of carboxylic acids is 2. The highest BCUT2D eigenvalue weighted by Crippen LogP contribution is 2.19. The number of aryl methyl sites for hydroxylation is 1. The molecule has 0 aliphatic rings. The van der Waals surface area contributed by atoms with Crippen LogP contribution in [0.1, 0.15) is 32.3 Å². The van der Waals surface area contributed by atoms with Crippen molar-refractivity contribution in [3.05, 3.63) is 29.8 Å². The van der Waals surface area contributed by atoms with Crippen LogP contribution in [0.5, 0.6) is 5.75 Å². The second-order valence-electron chi connectivity index (χ2n) is 5.93. The first-order chi connectivity index (χ1) is 11.7. The minimum Gasteiger partial charge on any atom is -0.490 e. The van der Waals surface area contributed by atoms with Gasteiger partial charge in [-0.15, -0.1) is 0 Å². The molecule has 0 fully saturated rings. The Bertz CT molecular complexity index is 522. The van der Waals surface area contributed by atoms with Crippen LogP contribution in [-0.4, -0.2) is 64.5 Å². The first-order valence-corrected chi connectivity index (χ1v) is 8.18. The van der Waals surface area contributed by atoms with Crippen molar-refractivity contribution in [1.29, 1.82) is 0 Å². The second kappa shape index (κ2) is 12.3. The van der Waals surface area contributed by atoms with E-state index in [1.807, 2.05) is 25.2 Å². The third-order valence-corrected chi connectivity index (χ3v) is 3.80. The molecule has 3 N–H and O–H groups in total. The van der Waals surface area contributed by atoms with Gasteiger partial charge in [0.25, 0.3) is 0 Å². The number of nitrogens with zero attached hydrogens (tertiary/aromatic N) is 1. The summed E-state index contributed by atoms with van der Waals surface area (Å²) in [7, 11) is 2.05. The maximum atomic E-state index is 9.10. The number of benzene rings is 1. The standard InChI is InChI=1S/C16H27NO2.C2H2O4/c1-13-7-5-6-8-16(13)19-15(3)10-9-14(2)17(4)11-12-18;3-1(4)2(5)6/h5-8,14-15,18H,9-12H2,1-4H3;(H,3,4)(H,5,6). The molecular weight excluding hydrogens is 326 g/mol. The molecule has 0 heterocycles. The Morgan fingerprint density at radius 2 is 1.68 bits per heavy atom. The van der Waals surface area contributed by atoms with E-state index in [2.05, 4.69) is 31.7 Å². The molecule has 0 amide bonds. The topological polar surface area (TPSA) is 107 Å². The Kier molecular flexibility index (Phi) is 11.2. The first-order valence-electron chi connectivity index (χ1n) is 8.18. The number of aliphatic hydroxyl groups excluding tert-OH is 1. The zero-order chi connectivity index (χ0) is 19.4. The summed E-state index contributed by atoms with van der Waals surface area (Å²) in [6.45, 7) is 7.32. The van der Waals surface area contributed by atoms with Crippen LogP contribution in [0.4, 0.5) is 0 Å². The summed E-state index contributed by atoms with van der Waals surface area (Å²) in [6, 6.07) is 8.59. The molecule has 2 atom stereocenters. The molecule has 0 saturated carbocycles. The average molecular weight is 355 g/mol. The molecule has 142 valence electrons. The lowest BCUT2D eigenvalue weighted by Gasteiger charge is -2.25. The van der Waals surface area contributed by atoms with Gasteiger partial charge in [-0.05, 0) is 52.3 Å².